The maximum Gasteiger partial charge on any atom is 0.239 e. The van der Waals surface area contributed by atoms with Crippen molar-refractivity contribution in [3.63, 3.8) is 0 Å². The van der Waals surface area contributed by atoms with E-state index in [2.05, 4.69) is 15.1 Å². The summed E-state index contributed by atoms with van der Waals surface area (Å²) < 4.78 is 17.7. The fraction of sp³-hybridized carbons (Fsp3) is 0.105. The van der Waals surface area contributed by atoms with Crippen LogP contribution in [0.3, 0.4) is 0 Å². The zero-order chi connectivity index (χ0) is 17.8. The second-order valence-corrected chi connectivity index (χ2v) is 7.93. The second-order valence-electron chi connectivity index (χ2n) is 5.62. The summed E-state index contributed by atoms with van der Waals surface area (Å²) >= 11 is 1.56. The summed E-state index contributed by atoms with van der Waals surface area (Å²) in [6, 6.07) is 19.5. The van der Waals surface area contributed by atoms with Gasteiger partial charge in [-0.2, -0.15) is 4.98 Å². The summed E-state index contributed by atoms with van der Waals surface area (Å²) in [5.74, 6) is 1.48. The molecule has 0 unspecified atom stereocenters. The highest BCUT2D eigenvalue weighted by Gasteiger charge is 2.13. The van der Waals surface area contributed by atoms with Gasteiger partial charge in [0.05, 0.1) is 11.4 Å². The summed E-state index contributed by atoms with van der Waals surface area (Å²) in [4.78, 5) is 8.90. The van der Waals surface area contributed by atoms with E-state index >= 15 is 0 Å². The third-order valence-corrected chi connectivity index (χ3v) is 5.79. The Morgan fingerprint density at radius 3 is 2.31 bits per heavy atom. The predicted molar refractivity (Wildman–Crippen MR) is 103 cm³/mol. The molecule has 26 heavy (non-hydrogen) atoms. The number of rotatable bonds is 6. The lowest BCUT2D eigenvalue weighted by molar-refractivity contribution is 0.390. The van der Waals surface area contributed by atoms with Gasteiger partial charge in [0.25, 0.3) is 0 Å². The normalized spacial score (nSPS) is 12.2. The van der Waals surface area contributed by atoms with E-state index in [0.29, 0.717) is 17.5 Å². The van der Waals surface area contributed by atoms with Gasteiger partial charge in [0, 0.05) is 27.3 Å². The van der Waals surface area contributed by atoms with Crippen molar-refractivity contribution >= 4 is 22.1 Å². The molecule has 0 spiro atoms. The first-order valence-electron chi connectivity index (χ1n) is 8.01. The molecule has 7 heteroatoms. The third kappa shape index (κ3) is 3.95. The molecule has 0 radical (unpaired) electrons. The molecule has 0 aliphatic rings. The van der Waals surface area contributed by atoms with Crippen molar-refractivity contribution in [1.82, 2.24) is 15.1 Å². The molecular formula is C19H15N3O2S2. The number of hydrogen-bond donors (Lipinski definition) is 0. The lowest BCUT2D eigenvalue weighted by Gasteiger charge is -1.96. The van der Waals surface area contributed by atoms with Crippen LogP contribution < -0.4 is 0 Å². The van der Waals surface area contributed by atoms with Gasteiger partial charge in [-0.1, -0.05) is 65.8 Å². The van der Waals surface area contributed by atoms with E-state index in [1.165, 1.54) is 0 Å². The quantitative estimate of drug-likeness (QED) is 0.498. The van der Waals surface area contributed by atoms with E-state index < -0.39 is 10.8 Å². The Morgan fingerprint density at radius 1 is 0.885 bits per heavy atom. The first-order valence-corrected chi connectivity index (χ1v) is 10.4. The highest BCUT2D eigenvalue weighted by atomic mass is 32.2. The molecular weight excluding hydrogens is 366 g/mol. The number of hydrogen-bond acceptors (Lipinski definition) is 6. The molecule has 0 amide bonds. The highest BCUT2D eigenvalue weighted by molar-refractivity contribution is 7.83. The molecule has 0 saturated heterocycles. The molecule has 2 aromatic heterocycles. The van der Waals surface area contributed by atoms with Crippen molar-refractivity contribution in [2.24, 2.45) is 0 Å². The lowest BCUT2D eigenvalue weighted by Crippen LogP contribution is -2.00. The highest BCUT2D eigenvalue weighted by Crippen LogP contribution is 2.24. The number of thiazole rings is 1. The van der Waals surface area contributed by atoms with Gasteiger partial charge in [-0.25, -0.2) is 4.98 Å². The topological polar surface area (TPSA) is 68.9 Å². The SMILES string of the molecule is O=[S@](Cc1csc(-c2ccccc2)n1)Cc1nc(-c2ccccc2)no1. The van der Waals surface area contributed by atoms with Gasteiger partial charge in [-0.3, -0.25) is 4.21 Å². The Morgan fingerprint density at radius 2 is 1.58 bits per heavy atom. The summed E-state index contributed by atoms with van der Waals surface area (Å²) in [7, 11) is -1.16. The van der Waals surface area contributed by atoms with Crippen LogP contribution in [0.25, 0.3) is 22.0 Å². The standard InChI is InChI=1S/C19H15N3O2S2/c23-26(12-16-11-25-19(20-16)15-9-5-2-6-10-15)13-17-21-18(22-24-17)14-7-3-1-4-8-14/h1-11H,12-13H2/t26-/m1/s1. The fourth-order valence-electron chi connectivity index (χ4n) is 2.46. The van der Waals surface area contributed by atoms with Crippen molar-refractivity contribution in [3.8, 4) is 22.0 Å². The van der Waals surface area contributed by atoms with Crippen LogP contribution in [0.2, 0.25) is 0 Å². The van der Waals surface area contributed by atoms with Crippen LogP contribution in [-0.2, 0) is 22.3 Å². The average Bonchev–Trinajstić information content (AvgIpc) is 3.33. The van der Waals surface area contributed by atoms with E-state index in [0.717, 1.165) is 21.8 Å². The molecule has 0 aliphatic carbocycles. The van der Waals surface area contributed by atoms with Gasteiger partial charge < -0.3 is 4.52 Å². The monoisotopic (exact) mass is 381 g/mol. The van der Waals surface area contributed by atoms with Gasteiger partial charge in [0.2, 0.25) is 11.7 Å². The maximum atomic E-state index is 12.4. The van der Waals surface area contributed by atoms with Gasteiger partial charge in [0.15, 0.2) is 0 Å². The Bertz CT molecular complexity index is 932. The Labute approximate surface area is 157 Å². The van der Waals surface area contributed by atoms with Crippen LogP contribution >= 0.6 is 11.3 Å². The molecule has 130 valence electrons. The van der Waals surface area contributed by atoms with Gasteiger partial charge in [-0.05, 0) is 0 Å². The number of benzene rings is 2. The van der Waals surface area contributed by atoms with Crippen molar-refractivity contribution < 1.29 is 8.73 Å². The van der Waals surface area contributed by atoms with E-state index in [1.54, 1.807) is 11.3 Å². The third-order valence-electron chi connectivity index (χ3n) is 3.67. The molecule has 4 aromatic rings. The van der Waals surface area contributed by atoms with Crippen LogP contribution in [0, 0.1) is 0 Å². The minimum atomic E-state index is -1.16. The van der Waals surface area contributed by atoms with Crippen molar-refractivity contribution in [2.75, 3.05) is 0 Å². The summed E-state index contributed by atoms with van der Waals surface area (Å²) in [5.41, 5.74) is 2.76. The second kappa shape index (κ2) is 7.72. The fourth-order valence-corrected chi connectivity index (χ4v) is 4.36. The molecule has 0 aliphatic heterocycles. The van der Waals surface area contributed by atoms with Crippen LogP contribution in [0.1, 0.15) is 11.6 Å². The van der Waals surface area contributed by atoms with E-state index in [1.807, 2.05) is 66.0 Å². The molecule has 0 N–H and O–H groups in total. The predicted octanol–water partition coefficient (Wildman–Crippen LogP) is 4.31. The van der Waals surface area contributed by atoms with Crippen molar-refractivity contribution in [2.45, 2.75) is 11.5 Å². The van der Waals surface area contributed by atoms with Gasteiger partial charge in [0.1, 0.15) is 10.8 Å². The Hall–Kier alpha value is -2.64. The maximum absolute atomic E-state index is 12.4. The molecule has 5 nitrogen and oxygen atoms in total. The van der Waals surface area contributed by atoms with Crippen LogP contribution in [0.5, 0.6) is 0 Å². The van der Waals surface area contributed by atoms with Gasteiger partial charge >= 0.3 is 0 Å². The molecule has 2 heterocycles. The molecule has 1 atom stereocenters. The zero-order valence-electron chi connectivity index (χ0n) is 13.7. The Balaban J connectivity index is 1.40. The Kier molecular flexibility index (Phi) is 4.99. The molecule has 0 saturated carbocycles. The first kappa shape index (κ1) is 16.8. The minimum absolute atomic E-state index is 0.220. The van der Waals surface area contributed by atoms with Crippen LogP contribution in [0.15, 0.2) is 70.6 Å². The molecule has 0 fully saturated rings. The van der Waals surface area contributed by atoms with Crippen molar-refractivity contribution in [1.29, 1.82) is 0 Å². The average molecular weight is 381 g/mol. The van der Waals surface area contributed by atoms with E-state index in [-0.39, 0.29) is 5.75 Å². The minimum Gasteiger partial charge on any atom is -0.338 e. The summed E-state index contributed by atoms with van der Waals surface area (Å²) in [6.45, 7) is 0. The number of nitrogens with zero attached hydrogens (tertiary/aromatic N) is 3. The smallest absolute Gasteiger partial charge is 0.239 e. The number of aromatic nitrogens is 3. The van der Waals surface area contributed by atoms with Gasteiger partial charge in [-0.15, -0.1) is 11.3 Å². The van der Waals surface area contributed by atoms with E-state index in [9.17, 15) is 4.21 Å². The molecule has 2 aromatic carbocycles. The van der Waals surface area contributed by atoms with Crippen molar-refractivity contribution in [3.05, 3.63) is 77.6 Å². The molecule has 0 bridgehead atoms. The summed E-state index contributed by atoms with van der Waals surface area (Å²) in [5, 5.41) is 6.84. The van der Waals surface area contributed by atoms with Crippen LogP contribution in [0.4, 0.5) is 0 Å². The summed E-state index contributed by atoms with van der Waals surface area (Å²) in [6.07, 6.45) is 0. The largest absolute Gasteiger partial charge is 0.338 e. The molecule has 4 rings (SSSR count). The zero-order valence-corrected chi connectivity index (χ0v) is 15.4. The lowest BCUT2D eigenvalue weighted by atomic mass is 10.2. The van der Waals surface area contributed by atoms with E-state index in [4.69, 9.17) is 4.52 Å². The first-order chi connectivity index (χ1) is 12.8. The van der Waals surface area contributed by atoms with Crippen LogP contribution in [-0.4, -0.2) is 19.3 Å².